The number of hydrogen-bond donors (Lipinski definition) is 1. The summed E-state index contributed by atoms with van der Waals surface area (Å²) < 4.78 is 27.1. The SMILES string of the molecule is C[C@H]1CCCC[C@@H]1NC(=O)CSc1ccc(S(=O)(=O)N2CCCCCC2)cn1. The average molecular weight is 426 g/mol. The number of sulfonamides is 1. The number of amides is 1. The highest BCUT2D eigenvalue weighted by atomic mass is 32.2. The maximum atomic E-state index is 12.8. The van der Waals surface area contributed by atoms with Gasteiger partial charge in [0.25, 0.3) is 0 Å². The van der Waals surface area contributed by atoms with Crippen LogP contribution in [-0.2, 0) is 14.8 Å². The number of nitrogens with zero attached hydrogens (tertiary/aromatic N) is 2. The molecule has 2 aliphatic rings. The zero-order valence-corrected chi connectivity index (χ0v) is 18.2. The number of carbonyl (C=O) groups is 1. The van der Waals surface area contributed by atoms with E-state index in [0.717, 1.165) is 32.1 Å². The number of pyridine rings is 1. The molecule has 2 heterocycles. The van der Waals surface area contributed by atoms with Gasteiger partial charge in [0.05, 0.1) is 10.8 Å². The van der Waals surface area contributed by atoms with Crippen molar-refractivity contribution in [3.8, 4) is 0 Å². The molecule has 6 nitrogen and oxygen atoms in total. The third kappa shape index (κ3) is 5.70. The molecule has 2 atom stereocenters. The number of thioether (sulfide) groups is 1. The molecule has 28 heavy (non-hydrogen) atoms. The van der Waals surface area contributed by atoms with Crippen molar-refractivity contribution in [2.45, 2.75) is 74.3 Å². The second-order valence-electron chi connectivity index (χ2n) is 7.87. The lowest BCUT2D eigenvalue weighted by Crippen LogP contribution is -2.41. The normalized spacial score (nSPS) is 24.5. The van der Waals surface area contributed by atoms with Crippen LogP contribution in [0, 0.1) is 5.92 Å². The predicted molar refractivity (Wildman–Crippen MR) is 112 cm³/mol. The molecule has 1 saturated heterocycles. The van der Waals surface area contributed by atoms with E-state index < -0.39 is 10.0 Å². The lowest BCUT2D eigenvalue weighted by molar-refractivity contribution is -0.119. The molecular formula is C20H31N3O3S2. The summed E-state index contributed by atoms with van der Waals surface area (Å²) in [6, 6.07) is 3.58. The minimum atomic E-state index is -3.48. The Morgan fingerprint density at radius 3 is 2.50 bits per heavy atom. The summed E-state index contributed by atoms with van der Waals surface area (Å²) >= 11 is 1.35. The maximum absolute atomic E-state index is 12.8. The van der Waals surface area contributed by atoms with Crippen molar-refractivity contribution in [2.75, 3.05) is 18.8 Å². The van der Waals surface area contributed by atoms with Gasteiger partial charge in [-0.1, -0.05) is 44.4 Å². The summed E-state index contributed by atoms with van der Waals surface area (Å²) in [7, 11) is -3.48. The minimum Gasteiger partial charge on any atom is -0.352 e. The monoisotopic (exact) mass is 425 g/mol. The average Bonchev–Trinajstić information content (AvgIpc) is 2.99. The Morgan fingerprint density at radius 2 is 1.86 bits per heavy atom. The third-order valence-corrected chi connectivity index (χ3v) is 8.55. The molecule has 1 amide bonds. The first-order valence-corrected chi connectivity index (χ1v) is 12.8. The van der Waals surface area contributed by atoms with Gasteiger partial charge in [0, 0.05) is 25.3 Å². The summed E-state index contributed by atoms with van der Waals surface area (Å²) in [5.41, 5.74) is 0. The summed E-state index contributed by atoms with van der Waals surface area (Å²) in [4.78, 5) is 16.7. The molecule has 3 rings (SSSR count). The van der Waals surface area contributed by atoms with Crippen LogP contribution in [0.25, 0.3) is 0 Å². The van der Waals surface area contributed by atoms with Gasteiger partial charge in [-0.2, -0.15) is 4.31 Å². The molecule has 1 saturated carbocycles. The van der Waals surface area contributed by atoms with Crippen LogP contribution in [-0.4, -0.2) is 48.5 Å². The van der Waals surface area contributed by atoms with Crippen molar-refractivity contribution in [1.29, 1.82) is 0 Å². The van der Waals surface area contributed by atoms with Crippen molar-refractivity contribution in [1.82, 2.24) is 14.6 Å². The van der Waals surface area contributed by atoms with Crippen molar-refractivity contribution in [3.05, 3.63) is 18.3 Å². The lowest BCUT2D eigenvalue weighted by Gasteiger charge is -2.29. The number of nitrogens with one attached hydrogen (secondary N) is 1. The van der Waals surface area contributed by atoms with Gasteiger partial charge in [-0.05, 0) is 43.7 Å². The van der Waals surface area contributed by atoms with Gasteiger partial charge in [0.2, 0.25) is 15.9 Å². The minimum absolute atomic E-state index is 0.0202. The topological polar surface area (TPSA) is 79.4 Å². The highest BCUT2D eigenvalue weighted by Gasteiger charge is 2.26. The Balaban J connectivity index is 1.53. The van der Waals surface area contributed by atoms with Crippen molar-refractivity contribution < 1.29 is 13.2 Å². The van der Waals surface area contributed by atoms with Crippen LogP contribution in [0.4, 0.5) is 0 Å². The molecule has 1 aromatic heterocycles. The zero-order valence-electron chi connectivity index (χ0n) is 16.6. The largest absolute Gasteiger partial charge is 0.352 e. The van der Waals surface area contributed by atoms with Crippen LogP contribution in [0.15, 0.2) is 28.3 Å². The Morgan fingerprint density at radius 1 is 1.14 bits per heavy atom. The van der Waals surface area contributed by atoms with Crippen LogP contribution in [0.3, 0.4) is 0 Å². The molecular weight excluding hydrogens is 394 g/mol. The molecule has 0 unspecified atom stereocenters. The van der Waals surface area contributed by atoms with E-state index in [0.29, 0.717) is 29.8 Å². The smallest absolute Gasteiger partial charge is 0.244 e. The quantitative estimate of drug-likeness (QED) is 0.707. The lowest BCUT2D eigenvalue weighted by atomic mass is 9.86. The summed E-state index contributed by atoms with van der Waals surface area (Å²) in [5, 5.41) is 3.80. The van der Waals surface area contributed by atoms with Crippen molar-refractivity contribution in [2.24, 2.45) is 5.92 Å². The predicted octanol–water partition coefficient (Wildman–Crippen LogP) is 3.43. The van der Waals surface area contributed by atoms with Crippen LogP contribution in [0.1, 0.15) is 58.3 Å². The van der Waals surface area contributed by atoms with Crippen LogP contribution in [0.5, 0.6) is 0 Å². The van der Waals surface area contributed by atoms with E-state index in [2.05, 4.69) is 17.2 Å². The molecule has 1 aliphatic carbocycles. The van der Waals surface area contributed by atoms with Gasteiger partial charge in [-0.15, -0.1) is 0 Å². The summed E-state index contributed by atoms with van der Waals surface area (Å²) in [6.07, 6.45) is 10.1. The highest BCUT2D eigenvalue weighted by Crippen LogP contribution is 2.25. The maximum Gasteiger partial charge on any atom is 0.244 e. The number of carbonyl (C=O) groups excluding carboxylic acids is 1. The fraction of sp³-hybridized carbons (Fsp3) is 0.700. The molecule has 156 valence electrons. The Kier molecular flexibility index (Phi) is 7.77. The standard InChI is InChI=1S/C20H31N3O3S2/c1-16-8-4-5-9-18(16)22-19(24)15-27-20-11-10-17(14-21-20)28(25,26)23-12-6-2-3-7-13-23/h10-11,14,16,18H,2-9,12-13,15H2,1H3,(H,22,24)/t16-,18-/m0/s1. The second-order valence-corrected chi connectivity index (χ2v) is 10.8. The van der Waals surface area contributed by atoms with Crippen molar-refractivity contribution in [3.63, 3.8) is 0 Å². The molecule has 8 heteroatoms. The third-order valence-electron chi connectivity index (χ3n) is 5.72. The molecule has 0 aromatic carbocycles. The van der Waals surface area contributed by atoms with Crippen molar-refractivity contribution >= 4 is 27.7 Å². The Hall–Kier alpha value is -1.12. The van der Waals surface area contributed by atoms with Crippen LogP contribution in [0.2, 0.25) is 0 Å². The molecule has 1 aromatic rings. The fourth-order valence-electron chi connectivity index (χ4n) is 3.95. The highest BCUT2D eigenvalue weighted by molar-refractivity contribution is 7.99. The first-order chi connectivity index (χ1) is 13.5. The van der Waals surface area contributed by atoms with E-state index in [9.17, 15) is 13.2 Å². The Bertz CT molecular complexity index is 744. The first-order valence-electron chi connectivity index (χ1n) is 10.3. The molecule has 0 radical (unpaired) electrons. The number of hydrogen-bond acceptors (Lipinski definition) is 5. The van der Waals surface area contributed by atoms with Gasteiger partial charge in [0.1, 0.15) is 4.90 Å². The second kappa shape index (κ2) is 10.1. The van der Waals surface area contributed by atoms with Gasteiger partial charge < -0.3 is 5.32 Å². The van der Waals surface area contributed by atoms with Gasteiger partial charge >= 0.3 is 0 Å². The fourth-order valence-corrected chi connectivity index (χ4v) is 6.07. The van der Waals surface area contributed by atoms with E-state index in [1.165, 1.54) is 37.2 Å². The first kappa shape index (κ1) is 21.6. The van der Waals surface area contributed by atoms with E-state index in [-0.39, 0.29) is 16.8 Å². The van der Waals surface area contributed by atoms with Gasteiger partial charge in [-0.3, -0.25) is 4.79 Å². The van der Waals surface area contributed by atoms with E-state index >= 15 is 0 Å². The molecule has 1 N–H and O–H groups in total. The Labute approximate surface area is 172 Å². The zero-order chi connectivity index (χ0) is 20.0. The van der Waals surface area contributed by atoms with E-state index in [1.54, 1.807) is 16.4 Å². The van der Waals surface area contributed by atoms with Gasteiger partial charge in [-0.25, -0.2) is 13.4 Å². The molecule has 1 aliphatic heterocycles. The number of aromatic nitrogens is 1. The van der Waals surface area contributed by atoms with E-state index in [1.807, 2.05) is 0 Å². The molecule has 0 spiro atoms. The number of rotatable bonds is 6. The summed E-state index contributed by atoms with van der Waals surface area (Å²) in [5.74, 6) is 0.852. The van der Waals surface area contributed by atoms with Crippen LogP contribution < -0.4 is 5.32 Å². The van der Waals surface area contributed by atoms with Gasteiger partial charge in [0.15, 0.2) is 0 Å². The summed E-state index contributed by atoms with van der Waals surface area (Å²) in [6.45, 7) is 3.36. The van der Waals surface area contributed by atoms with E-state index in [4.69, 9.17) is 0 Å². The van der Waals surface area contributed by atoms with Crippen LogP contribution >= 0.6 is 11.8 Å². The molecule has 2 fully saturated rings. The molecule has 0 bridgehead atoms.